The van der Waals surface area contributed by atoms with E-state index in [4.69, 9.17) is 0 Å². The van der Waals surface area contributed by atoms with Crippen molar-refractivity contribution in [2.75, 3.05) is 5.75 Å². The minimum atomic E-state index is 1.24. The summed E-state index contributed by atoms with van der Waals surface area (Å²) in [6.07, 6.45) is 2.59. The zero-order chi connectivity index (χ0) is 7.94. The number of hydrogen-bond donors (Lipinski definition) is 0. The zero-order valence-corrected chi connectivity index (χ0v) is 7.66. The third-order valence-electron chi connectivity index (χ3n) is 1.45. The SMILES string of the molecule is CCCCSc1cc[c]cc1. The maximum Gasteiger partial charge on any atom is 0.00723 e. The smallest absolute Gasteiger partial charge is 0.00723 e. The van der Waals surface area contributed by atoms with Crippen molar-refractivity contribution in [3.05, 3.63) is 30.3 Å². The van der Waals surface area contributed by atoms with Gasteiger partial charge >= 0.3 is 0 Å². The van der Waals surface area contributed by atoms with Gasteiger partial charge in [-0.15, -0.1) is 11.8 Å². The fourth-order valence-electron chi connectivity index (χ4n) is 0.802. The van der Waals surface area contributed by atoms with Gasteiger partial charge in [-0.05, 0) is 30.4 Å². The average molecular weight is 165 g/mol. The molecule has 0 nitrogen and oxygen atoms in total. The van der Waals surface area contributed by atoms with Crippen LogP contribution in [0.3, 0.4) is 0 Å². The van der Waals surface area contributed by atoms with Crippen LogP contribution in [0.15, 0.2) is 29.2 Å². The van der Waals surface area contributed by atoms with Gasteiger partial charge in [0.2, 0.25) is 0 Å². The molecule has 0 bridgehead atoms. The standard InChI is InChI=1S/C10H13S/c1-2-3-9-11-10-7-5-4-6-8-10/h5-8H,2-3,9H2,1H3. The molecule has 0 aliphatic carbocycles. The van der Waals surface area contributed by atoms with E-state index in [-0.39, 0.29) is 0 Å². The van der Waals surface area contributed by atoms with Crippen LogP contribution in [0.4, 0.5) is 0 Å². The van der Waals surface area contributed by atoms with Gasteiger partial charge in [0.25, 0.3) is 0 Å². The van der Waals surface area contributed by atoms with E-state index in [1.165, 1.54) is 23.5 Å². The minimum Gasteiger partial charge on any atom is -0.126 e. The second kappa shape index (κ2) is 5.25. The first-order valence-electron chi connectivity index (χ1n) is 4.02. The molecule has 0 aromatic heterocycles. The third-order valence-corrected chi connectivity index (χ3v) is 2.55. The van der Waals surface area contributed by atoms with Crippen LogP contribution in [-0.4, -0.2) is 5.75 Å². The highest BCUT2D eigenvalue weighted by Gasteiger charge is 1.89. The van der Waals surface area contributed by atoms with Crippen molar-refractivity contribution in [3.8, 4) is 0 Å². The summed E-state index contributed by atoms with van der Waals surface area (Å²) >= 11 is 1.92. The van der Waals surface area contributed by atoms with Crippen LogP contribution in [0.5, 0.6) is 0 Å². The van der Waals surface area contributed by atoms with Gasteiger partial charge in [0.1, 0.15) is 0 Å². The Labute approximate surface area is 73.0 Å². The van der Waals surface area contributed by atoms with Crippen molar-refractivity contribution < 1.29 is 0 Å². The molecule has 0 N–H and O–H groups in total. The first-order chi connectivity index (χ1) is 5.43. The van der Waals surface area contributed by atoms with Crippen LogP contribution in [-0.2, 0) is 0 Å². The number of thioether (sulfide) groups is 1. The first-order valence-corrected chi connectivity index (χ1v) is 5.01. The molecule has 0 amide bonds. The Balaban J connectivity index is 2.28. The molecule has 0 atom stereocenters. The number of unbranched alkanes of at least 4 members (excludes halogenated alkanes) is 1. The van der Waals surface area contributed by atoms with Crippen LogP contribution in [0.1, 0.15) is 19.8 Å². The maximum atomic E-state index is 3.01. The topological polar surface area (TPSA) is 0 Å². The van der Waals surface area contributed by atoms with Crippen molar-refractivity contribution in [3.63, 3.8) is 0 Å². The molecule has 0 saturated heterocycles. The summed E-state index contributed by atoms with van der Waals surface area (Å²) in [5.41, 5.74) is 0. The maximum absolute atomic E-state index is 3.01. The van der Waals surface area contributed by atoms with Crippen LogP contribution >= 0.6 is 11.8 Å². The highest BCUT2D eigenvalue weighted by atomic mass is 32.2. The molecular formula is C10H13S. The molecule has 1 aromatic rings. The van der Waals surface area contributed by atoms with Crippen LogP contribution in [0, 0.1) is 6.07 Å². The Bertz CT molecular complexity index is 181. The van der Waals surface area contributed by atoms with Crippen molar-refractivity contribution in [2.45, 2.75) is 24.7 Å². The second-order valence-corrected chi connectivity index (χ2v) is 3.61. The van der Waals surface area contributed by atoms with Crippen LogP contribution < -0.4 is 0 Å². The lowest BCUT2D eigenvalue weighted by Gasteiger charge is -1.97. The molecule has 1 aromatic carbocycles. The Morgan fingerprint density at radius 2 is 2.09 bits per heavy atom. The zero-order valence-electron chi connectivity index (χ0n) is 6.84. The Kier molecular flexibility index (Phi) is 4.14. The lowest BCUT2D eigenvalue weighted by Crippen LogP contribution is -1.76. The molecule has 0 unspecified atom stereocenters. The molecule has 0 heterocycles. The van der Waals surface area contributed by atoms with Crippen molar-refractivity contribution in [2.24, 2.45) is 0 Å². The summed E-state index contributed by atoms with van der Waals surface area (Å²) in [5, 5.41) is 0. The van der Waals surface area contributed by atoms with Gasteiger partial charge in [-0.1, -0.05) is 25.5 Å². The first kappa shape index (κ1) is 8.66. The van der Waals surface area contributed by atoms with Gasteiger partial charge in [-0.2, -0.15) is 0 Å². The highest BCUT2D eigenvalue weighted by Crippen LogP contribution is 2.17. The molecule has 0 fully saturated rings. The van der Waals surface area contributed by atoms with Gasteiger partial charge in [-0.25, -0.2) is 0 Å². The largest absolute Gasteiger partial charge is 0.126 e. The van der Waals surface area contributed by atoms with Crippen molar-refractivity contribution in [1.82, 2.24) is 0 Å². The van der Waals surface area contributed by atoms with Gasteiger partial charge < -0.3 is 0 Å². The molecule has 0 aliphatic heterocycles. The minimum absolute atomic E-state index is 1.24. The van der Waals surface area contributed by atoms with Gasteiger partial charge in [0.05, 0.1) is 0 Å². The van der Waals surface area contributed by atoms with E-state index >= 15 is 0 Å². The van der Waals surface area contributed by atoms with Crippen LogP contribution in [0.25, 0.3) is 0 Å². The molecule has 0 aliphatic rings. The molecule has 59 valence electrons. The number of rotatable bonds is 4. The Morgan fingerprint density at radius 1 is 1.36 bits per heavy atom. The van der Waals surface area contributed by atoms with Gasteiger partial charge in [0, 0.05) is 4.90 Å². The van der Waals surface area contributed by atoms with E-state index in [2.05, 4.69) is 25.1 Å². The van der Waals surface area contributed by atoms with E-state index in [0.717, 1.165) is 0 Å². The molecule has 0 spiro atoms. The van der Waals surface area contributed by atoms with Gasteiger partial charge in [-0.3, -0.25) is 0 Å². The highest BCUT2D eigenvalue weighted by molar-refractivity contribution is 7.99. The predicted molar refractivity (Wildman–Crippen MR) is 50.9 cm³/mol. The summed E-state index contributed by atoms with van der Waals surface area (Å²) < 4.78 is 0. The summed E-state index contributed by atoms with van der Waals surface area (Å²) in [7, 11) is 0. The molecule has 1 radical (unpaired) electrons. The number of hydrogen-bond acceptors (Lipinski definition) is 1. The Morgan fingerprint density at radius 3 is 2.73 bits per heavy atom. The fourth-order valence-corrected chi connectivity index (χ4v) is 1.80. The lowest BCUT2D eigenvalue weighted by atomic mass is 10.4. The van der Waals surface area contributed by atoms with E-state index in [0.29, 0.717) is 0 Å². The van der Waals surface area contributed by atoms with E-state index in [1.54, 1.807) is 0 Å². The third kappa shape index (κ3) is 3.47. The monoisotopic (exact) mass is 165 g/mol. The summed E-state index contributed by atoms with van der Waals surface area (Å²) in [4.78, 5) is 1.36. The quantitative estimate of drug-likeness (QED) is 0.487. The molecule has 0 saturated carbocycles. The summed E-state index contributed by atoms with van der Waals surface area (Å²) in [5.74, 6) is 1.24. The van der Waals surface area contributed by atoms with Crippen molar-refractivity contribution in [1.29, 1.82) is 0 Å². The predicted octanol–water partition coefficient (Wildman–Crippen LogP) is 3.38. The fraction of sp³-hybridized carbons (Fsp3) is 0.400. The normalized spacial score (nSPS) is 9.91. The van der Waals surface area contributed by atoms with Gasteiger partial charge in [0.15, 0.2) is 0 Å². The molecule has 1 heteroatoms. The molecule has 11 heavy (non-hydrogen) atoms. The van der Waals surface area contributed by atoms with E-state index in [1.807, 2.05) is 23.9 Å². The second-order valence-electron chi connectivity index (χ2n) is 2.44. The average Bonchev–Trinajstić information content (AvgIpc) is 2.07. The molecular weight excluding hydrogens is 152 g/mol. The lowest BCUT2D eigenvalue weighted by molar-refractivity contribution is 0.896. The van der Waals surface area contributed by atoms with Crippen molar-refractivity contribution >= 4 is 11.8 Å². The Hall–Kier alpha value is -0.430. The van der Waals surface area contributed by atoms with E-state index in [9.17, 15) is 0 Å². The number of benzene rings is 1. The molecule has 1 rings (SSSR count). The summed E-state index contributed by atoms with van der Waals surface area (Å²) in [6.45, 7) is 2.22. The van der Waals surface area contributed by atoms with Crippen LogP contribution in [0.2, 0.25) is 0 Å². The summed E-state index contributed by atoms with van der Waals surface area (Å²) in [6, 6.07) is 11.2. The van der Waals surface area contributed by atoms with E-state index < -0.39 is 0 Å².